The van der Waals surface area contributed by atoms with Crippen molar-refractivity contribution < 1.29 is 4.74 Å². The third-order valence-electron chi connectivity index (χ3n) is 3.05. The van der Waals surface area contributed by atoms with Gasteiger partial charge >= 0.3 is 0 Å². The predicted octanol–water partition coefficient (Wildman–Crippen LogP) is 2.54. The summed E-state index contributed by atoms with van der Waals surface area (Å²) in [5.41, 5.74) is 0.943. The summed E-state index contributed by atoms with van der Waals surface area (Å²) in [6, 6.07) is 7.46. The molecule has 19 heavy (non-hydrogen) atoms. The highest BCUT2D eigenvalue weighted by molar-refractivity contribution is 6.30. The van der Waals surface area contributed by atoms with E-state index in [4.69, 9.17) is 16.3 Å². The van der Waals surface area contributed by atoms with E-state index >= 15 is 0 Å². The van der Waals surface area contributed by atoms with Gasteiger partial charge in [0.25, 0.3) is 0 Å². The molecule has 1 fully saturated rings. The molecule has 1 N–H and O–H groups in total. The third kappa shape index (κ3) is 3.03. The van der Waals surface area contributed by atoms with E-state index in [1.54, 1.807) is 12.4 Å². The summed E-state index contributed by atoms with van der Waals surface area (Å²) >= 11 is 5.85. The first-order chi connectivity index (χ1) is 9.31. The summed E-state index contributed by atoms with van der Waals surface area (Å²) < 4.78 is 5.78. The minimum atomic E-state index is 0.227. The zero-order valence-corrected chi connectivity index (χ0v) is 11.1. The van der Waals surface area contributed by atoms with Gasteiger partial charge in [0.05, 0.1) is 12.4 Å². The van der Waals surface area contributed by atoms with Gasteiger partial charge in [0.1, 0.15) is 6.10 Å². The van der Waals surface area contributed by atoms with Crippen LogP contribution in [0.4, 0.5) is 0 Å². The first kappa shape index (κ1) is 12.4. The summed E-state index contributed by atoms with van der Waals surface area (Å²) in [7, 11) is 0. The molecule has 2 aromatic rings. The molecule has 5 heteroatoms. The minimum Gasteiger partial charge on any atom is -0.486 e. The fraction of sp³-hybridized carbons (Fsp3) is 0.286. The SMILES string of the molecule is Clc1ccc(-c2ncc(OC3CCNC3)cn2)cc1. The maximum Gasteiger partial charge on any atom is 0.159 e. The second-order valence-corrected chi connectivity index (χ2v) is 4.92. The second-order valence-electron chi connectivity index (χ2n) is 4.48. The monoisotopic (exact) mass is 275 g/mol. The Labute approximate surface area is 116 Å². The Morgan fingerprint density at radius 1 is 1.16 bits per heavy atom. The molecule has 0 amide bonds. The summed E-state index contributed by atoms with van der Waals surface area (Å²) in [6.45, 7) is 1.90. The number of hydrogen-bond donors (Lipinski definition) is 1. The molecule has 1 unspecified atom stereocenters. The Bertz CT molecular complexity index is 536. The van der Waals surface area contributed by atoms with Crippen LogP contribution in [0.15, 0.2) is 36.7 Å². The molecule has 1 saturated heterocycles. The van der Waals surface area contributed by atoms with Crippen LogP contribution in [-0.2, 0) is 0 Å². The van der Waals surface area contributed by atoms with Crippen LogP contribution in [0.25, 0.3) is 11.4 Å². The highest BCUT2D eigenvalue weighted by Crippen LogP contribution is 2.20. The van der Waals surface area contributed by atoms with Crippen LogP contribution in [0, 0.1) is 0 Å². The summed E-state index contributed by atoms with van der Waals surface area (Å²) in [6.07, 6.45) is 4.69. The van der Waals surface area contributed by atoms with Crippen LogP contribution in [0.5, 0.6) is 5.75 Å². The Morgan fingerprint density at radius 2 is 1.89 bits per heavy atom. The van der Waals surface area contributed by atoms with Gasteiger partial charge in [0.15, 0.2) is 11.6 Å². The number of nitrogens with zero attached hydrogens (tertiary/aromatic N) is 2. The van der Waals surface area contributed by atoms with Crippen molar-refractivity contribution >= 4 is 11.6 Å². The van der Waals surface area contributed by atoms with Crippen molar-refractivity contribution in [3.8, 4) is 17.1 Å². The Kier molecular flexibility index (Phi) is 3.62. The Balaban J connectivity index is 1.72. The maximum atomic E-state index is 5.85. The molecule has 1 aliphatic heterocycles. The highest BCUT2D eigenvalue weighted by atomic mass is 35.5. The number of hydrogen-bond acceptors (Lipinski definition) is 4. The molecule has 0 spiro atoms. The molecule has 0 radical (unpaired) electrons. The van der Waals surface area contributed by atoms with Crippen LogP contribution in [-0.4, -0.2) is 29.2 Å². The molecule has 1 atom stereocenters. The van der Waals surface area contributed by atoms with Gasteiger partial charge in [-0.1, -0.05) is 11.6 Å². The smallest absolute Gasteiger partial charge is 0.159 e. The van der Waals surface area contributed by atoms with Crippen molar-refractivity contribution in [2.24, 2.45) is 0 Å². The van der Waals surface area contributed by atoms with Gasteiger partial charge in [0, 0.05) is 17.1 Å². The van der Waals surface area contributed by atoms with E-state index in [-0.39, 0.29) is 6.10 Å². The lowest BCUT2D eigenvalue weighted by Crippen LogP contribution is -2.19. The third-order valence-corrected chi connectivity index (χ3v) is 3.30. The quantitative estimate of drug-likeness (QED) is 0.935. The number of nitrogens with one attached hydrogen (secondary N) is 1. The molecule has 98 valence electrons. The van der Waals surface area contributed by atoms with Gasteiger partial charge in [-0.05, 0) is 37.2 Å². The first-order valence-corrected chi connectivity index (χ1v) is 6.64. The first-order valence-electron chi connectivity index (χ1n) is 6.26. The van der Waals surface area contributed by atoms with Gasteiger partial charge in [-0.25, -0.2) is 9.97 Å². The Hall–Kier alpha value is -1.65. The molecule has 1 aromatic carbocycles. The van der Waals surface area contributed by atoms with E-state index < -0.39 is 0 Å². The van der Waals surface area contributed by atoms with E-state index in [9.17, 15) is 0 Å². The standard InChI is InChI=1S/C14H14ClN3O/c15-11-3-1-10(2-4-11)14-17-8-13(9-18-14)19-12-5-6-16-7-12/h1-4,8-9,12,16H,5-7H2. The lowest BCUT2D eigenvalue weighted by molar-refractivity contribution is 0.221. The van der Waals surface area contributed by atoms with Crippen molar-refractivity contribution in [3.05, 3.63) is 41.7 Å². The molecule has 0 aliphatic carbocycles. The fourth-order valence-corrected chi connectivity index (χ4v) is 2.17. The number of benzene rings is 1. The van der Waals surface area contributed by atoms with Crippen LogP contribution >= 0.6 is 11.6 Å². The van der Waals surface area contributed by atoms with E-state index in [2.05, 4.69) is 15.3 Å². The molecule has 4 nitrogen and oxygen atoms in total. The molecule has 0 saturated carbocycles. The van der Waals surface area contributed by atoms with Crippen LogP contribution < -0.4 is 10.1 Å². The van der Waals surface area contributed by atoms with Crippen LogP contribution in [0.3, 0.4) is 0 Å². The molecule has 2 heterocycles. The molecule has 1 aliphatic rings. The highest BCUT2D eigenvalue weighted by Gasteiger charge is 2.16. The van der Waals surface area contributed by atoms with Crippen molar-refractivity contribution in [1.82, 2.24) is 15.3 Å². The van der Waals surface area contributed by atoms with Crippen LogP contribution in [0.2, 0.25) is 5.02 Å². The second kappa shape index (κ2) is 5.55. The topological polar surface area (TPSA) is 47.0 Å². The maximum absolute atomic E-state index is 5.85. The minimum absolute atomic E-state index is 0.227. The average Bonchev–Trinajstić information content (AvgIpc) is 2.94. The van der Waals surface area contributed by atoms with Gasteiger partial charge in [0.2, 0.25) is 0 Å². The molecular weight excluding hydrogens is 262 g/mol. The molecule has 1 aromatic heterocycles. The number of ether oxygens (including phenoxy) is 1. The molecule has 3 rings (SSSR count). The van der Waals surface area contributed by atoms with Crippen molar-refractivity contribution in [1.29, 1.82) is 0 Å². The van der Waals surface area contributed by atoms with Crippen LogP contribution in [0.1, 0.15) is 6.42 Å². The van der Waals surface area contributed by atoms with Crippen molar-refractivity contribution in [2.75, 3.05) is 13.1 Å². The average molecular weight is 276 g/mol. The van der Waals surface area contributed by atoms with Gasteiger partial charge in [-0.2, -0.15) is 0 Å². The predicted molar refractivity (Wildman–Crippen MR) is 74.4 cm³/mol. The lowest BCUT2D eigenvalue weighted by atomic mass is 10.2. The zero-order chi connectivity index (χ0) is 13.1. The molecule has 0 bridgehead atoms. The zero-order valence-electron chi connectivity index (χ0n) is 10.3. The number of halogens is 1. The van der Waals surface area contributed by atoms with Gasteiger partial charge < -0.3 is 10.1 Å². The van der Waals surface area contributed by atoms with Crippen molar-refractivity contribution in [3.63, 3.8) is 0 Å². The fourth-order valence-electron chi connectivity index (χ4n) is 2.05. The van der Waals surface area contributed by atoms with Crippen molar-refractivity contribution in [2.45, 2.75) is 12.5 Å². The lowest BCUT2D eigenvalue weighted by Gasteiger charge is -2.11. The summed E-state index contributed by atoms with van der Waals surface area (Å²) in [5.74, 6) is 1.39. The van der Waals surface area contributed by atoms with Gasteiger partial charge in [-0.3, -0.25) is 0 Å². The van der Waals surface area contributed by atoms with E-state index in [1.807, 2.05) is 24.3 Å². The van der Waals surface area contributed by atoms with E-state index in [0.717, 1.165) is 25.1 Å². The summed E-state index contributed by atoms with van der Waals surface area (Å²) in [5, 5.41) is 3.96. The largest absolute Gasteiger partial charge is 0.486 e. The normalized spacial score (nSPS) is 18.5. The Morgan fingerprint density at radius 3 is 2.53 bits per heavy atom. The van der Waals surface area contributed by atoms with Gasteiger partial charge in [-0.15, -0.1) is 0 Å². The number of rotatable bonds is 3. The van der Waals surface area contributed by atoms with E-state index in [0.29, 0.717) is 16.6 Å². The van der Waals surface area contributed by atoms with E-state index in [1.165, 1.54) is 0 Å². The number of aromatic nitrogens is 2. The molecular formula is C14H14ClN3O. The summed E-state index contributed by atoms with van der Waals surface area (Å²) in [4.78, 5) is 8.64.